The molecular formula is C25H27NO6. The average molecular weight is 437 g/mol. The van der Waals surface area contributed by atoms with Gasteiger partial charge in [0.05, 0.1) is 25.9 Å². The first-order chi connectivity index (χ1) is 15.6. The molecule has 0 radical (unpaired) electrons. The van der Waals surface area contributed by atoms with Gasteiger partial charge in [-0.15, -0.1) is 0 Å². The molecule has 0 spiro atoms. The lowest BCUT2D eigenvalue weighted by Crippen LogP contribution is -2.37. The Balaban J connectivity index is 1.43. The normalized spacial score (nSPS) is 21.2. The molecule has 2 aromatic carbocycles. The number of nitrogens with zero attached hydrogens (tertiary/aromatic N) is 1. The van der Waals surface area contributed by atoms with E-state index >= 15 is 0 Å². The van der Waals surface area contributed by atoms with Gasteiger partial charge in [-0.2, -0.15) is 0 Å². The molecule has 32 heavy (non-hydrogen) atoms. The summed E-state index contributed by atoms with van der Waals surface area (Å²) in [6.07, 6.45) is 4.16. The molecule has 3 heterocycles. The van der Waals surface area contributed by atoms with Gasteiger partial charge in [0.15, 0.2) is 5.76 Å². The van der Waals surface area contributed by atoms with Crippen molar-refractivity contribution in [2.75, 3.05) is 34.1 Å². The summed E-state index contributed by atoms with van der Waals surface area (Å²) in [5, 5.41) is 0. The van der Waals surface area contributed by atoms with Crippen LogP contribution in [0.1, 0.15) is 39.9 Å². The molecule has 3 aliphatic heterocycles. The Morgan fingerprint density at radius 1 is 1.19 bits per heavy atom. The van der Waals surface area contributed by atoms with Gasteiger partial charge in [-0.05, 0) is 50.1 Å². The van der Waals surface area contributed by atoms with E-state index in [4.69, 9.17) is 23.7 Å². The minimum atomic E-state index is -0.146. The topological polar surface area (TPSA) is 66.5 Å². The van der Waals surface area contributed by atoms with Crippen LogP contribution in [0.5, 0.6) is 23.0 Å². The van der Waals surface area contributed by atoms with Crippen LogP contribution in [0.15, 0.2) is 30.0 Å². The van der Waals surface area contributed by atoms with Crippen LogP contribution in [0, 0.1) is 6.92 Å². The quantitative estimate of drug-likeness (QED) is 0.656. The Morgan fingerprint density at radius 3 is 2.81 bits per heavy atom. The molecule has 2 aromatic rings. The lowest BCUT2D eigenvalue weighted by molar-refractivity contribution is 0.0276. The first kappa shape index (κ1) is 20.8. The fourth-order valence-electron chi connectivity index (χ4n) is 4.58. The SMILES string of the molecule is COc1ccc(OC)c(/C=C2\Oc3c(cc4c(c3C)OCN(CC3CCCO3)C4)C2=O)c1. The molecule has 7 nitrogen and oxygen atoms in total. The molecule has 1 unspecified atom stereocenters. The number of allylic oxidation sites excluding steroid dienone is 1. The Hall–Kier alpha value is -3.03. The van der Waals surface area contributed by atoms with E-state index in [9.17, 15) is 4.79 Å². The Labute approximate surface area is 187 Å². The number of carbonyl (C=O) groups is 1. The molecule has 0 aromatic heterocycles. The third-order valence-electron chi connectivity index (χ3n) is 6.21. The highest BCUT2D eigenvalue weighted by Crippen LogP contribution is 2.43. The maximum absolute atomic E-state index is 13.2. The van der Waals surface area contributed by atoms with Crippen molar-refractivity contribution < 1.29 is 28.5 Å². The van der Waals surface area contributed by atoms with Crippen LogP contribution in [0.25, 0.3) is 6.08 Å². The van der Waals surface area contributed by atoms with Crippen molar-refractivity contribution in [2.45, 2.75) is 32.4 Å². The Bertz CT molecular complexity index is 1090. The zero-order chi connectivity index (χ0) is 22.2. The van der Waals surface area contributed by atoms with Crippen molar-refractivity contribution in [1.29, 1.82) is 0 Å². The average Bonchev–Trinajstić information content (AvgIpc) is 3.42. The minimum absolute atomic E-state index is 0.146. The molecule has 0 aliphatic carbocycles. The zero-order valence-corrected chi connectivity index (χ0v) is 18.6. The fraction of sp³-hybridized carbons (Fsp3) is 0.400. The monoisotopic (exact) mass is 437 g/mol. The maximum Gasteiger partial charge on any atom is 0.231 e. The largest absolute Gasteiger partial charge is 0.497 e. The van der Waals surface area contributed by atoms with Crippen LogP contribution in [0.3, 0.4) is 0 Å². The third kappa shape index (κ3) is 3.72. The van der Waals surface area contributed by atoms with Crippen molar-refractivity contribution in [3.63, 3.8) is 0 Å². The molecular weight excluding hydrogens is 410 g/mol. The van der Waals surface area contributed by atoms with Crippen molar-refractivity contribution in [3.05, 3.63) is 52.3 Å². The lowest BCUT2D eigenvalue weighted by Gasteiger charge is -2.31. The van der Waals surface area contributed by atoms with Gasteiger partial charge in [-0.1, -0.05) is 0 Å². The second-order valence-electron chi connectivity index (χ2n) is 8.33. The van der Waals surface area contributed by atoms with Crippen molar-refractivity contribution >= 4 is 11.9 Å². The molecule has 168 valence electrons. The molecule has 1 saturated heterocycles. The van der Waals surface area contributed by atoms with E-state index in [1.807, 2.05) is 25.1 Å². The van der Waals surface area contributed by atoms with E-state index in [1.54, 1.807) is 26.4 Å². The van der Waals surface area contributed by atoms with Gasteiger partial charge in [0.2, 0.25) is 5.78 Å². The highest BCUT2D eigenvalue weighted by molar-refractivity contribution is 6.15. The smallest absolute Gasteiger partial charge is 0.231 e. The van der Waals surface area contributed by atoms with Crippen LogP contribution in [0.2, 0.25) is 0 Å². The summed E-state index contributed by atoms with van der Waals surface area (Å²) in [7, 11) is 3.19. The lowest BCUT2D eigenvalue weighted by atomic mass is 9.99. The second kappa shape index (κ2) is 8.48. The molecule has 1 fully saturated rings. The van der Waals surface area contributed by atoms with Crippen LogP contribution in [-0.4, -0.2) is 50.9 Å². The van der Waals surface area contributed by atoms with E-state index < -0.39 is 0 Å². The number of hydrogen-bond acceptors (Lipinski definition) is 7. The zero-order valence-electron chi connectivity index (χ0n) is 18.6. The number of benzene rings is 2. The van der Waals surface area contributed by atoms with Gasteiger partial charge in [0, 0.05) is 36.4 Å². The molecule has 5 rings (SSSR count). The number of carbonyl (C=O) groups excluding carboxylic acids is 1. The van der Waals surface area contributed by atoms with E-state index in [0.717, 1.165) is 49.4 Å². The highest BCUT2D eigenvalue weighted by atomic mass is 16.5. The Morgan fingerprint density at radius 2 is 2.06 bits per heavy atom. The van der Waals surface area contributed by atoms with Crippen LogP contribution in [-0.2, 0) is 11.3 Å². The minimum Gasteiger partial charge on any atom is -0.497 e. The molecule has 7 heteroatoms. The van der Waals surface area contributed by atoms with E-state index in [1.165, 1.54) is 0 Å². The first-order valence-corrected chi connectivity index (χ1v) is 10.9. The van der Waals surface area contributed by atoms with E-state index in [2.05, 4.69) is 4.90 Å². The van der Waals surface area contributed by atoms with Crippen LogP contribution < -0.4 is 18.9 Å². The van der Waals surface area contributed by atoms with Crippen molar-refractivity contribution in [3.8, 4) is 23.0 Å². The van der Waals surface area contributed by atoms with Gasteiger partial charge in [0.25, 0.3) is 0 Å². The summed E-state index contributed by atoms with van der Waals surface area (Å²) < 4.78 is 28.6. The third-order valence-corrected chi connectivity index (χ3v) is 6.21. The summed E-state index contributed by atoms with van der Waals surface area (Å²) in [5.41, 5.74) is 3.13. The predicted octanol–water partition coefficient (Wildman–Crippen LogP) is 3.96. The fourth-order valence-corrected chi connectivity index (χ4v) is 4.58. The van der Waals surface area contributed by atoms with Crippen LogP contribution >= 0.6 is 0 Å². The van der Waals surface area contributed by atoms with Crippen LogP contribution in [0.4, 0.5) is 0 Å². The number of ketones is 1. The van der Waals surface area contributed by atoms with Gasteiger partial charge in [-0.3, -0.25) is 9.69 Å². The summed E-state index contributed by atoms with van der Waals surface area (Å²) in [4.78, 5) is 15.4. The summed E-state index contributed by atoms with van der Waals surface area (Å²) in [5.74, 6) is 2.79. The molecule has 0 N–H and O–H groups in total. The second-order valence-corrected chi connectivity index (χ2v) is 8.33. The number of hydrogen-bond donors (Lipinski definition) is 0. The molecule has 0 saturated carbocycles. The standard InChI is InChI=1S/C25H27NO6/c1-15-24-17(12-26(14-31-24)13-19-5-4-8-30-19)10-20-23(27)22(32-25(15)20)11-16-9-18(28-2)6-7-21(16)29-3/h6-7,9-11,19H,4-5,8,12-14H2,1-3H3/b22-11-. The number of fused-ring (bicyclic) bond motifs is 2. The van der Waals surface area contributed by atoms with E-state index in [-0.39, 0.29) is 17.6 Å². The first-order valence-electron chi connectivity index (χ1n) is 10.9. The summed E-state index contributed by atoms with van der Waals surface area (Å²) in [6.45, 7) is 4.83. The molecule has 3 aliphatic rings. The predicted molar refractivity (Wildman–Crippen MR) is 119 cm³/mol. The maximum atomic E-state index is 13.2. The number of rotatable bonds is 5. The van der Waals surface area contributed by atoms with Crippen molar-refractivity contribution in [2.24, 2.45) is 0 Å². The summed E-state index contributed by atoms with van der Waals surface area (Å²) in [6, 6.07) is 7.34. The number of methoxy groups -OCH3 is 2. The van der Waals surface area contributed by atoms with E-state index in [0.29, 0.717) is 35.1 Å². The number of ether oxygens (including phenoxy) is 5. The number of Topliss-reactive ketones (excluding diaryl/α,β-unsaturated/α-hetero) is 1. The van der Waals surface area contributed by atoms with Gasteiger partial charge in [-0.25, -0.2) is 0 Å². The Kier molecular flexibility index (Phi) is 5.53. The van der Waals surface area contributed by atoms with Gasteiger partial charge < -0.3 is 23.7 Å². The summed E-state index contributed by atoms with van der Waals surface area (Å²) >= 11 is 0. The van der Waals surface area contributed by atoms with Gasteiger partial charge >= 0.3 is 0 Å². The molecule has 1 atom stereocenters. The van der Waals surface area contributed by atoms with Gasteiger partial charge in [0.1, 0.15) is 29.7 Å². The van der Waals surface area contributed by atoms with Crippen molar-refractivity contribution in [1.82, 2.24) is 4.90 Å². The molecule has 0 amide bonds. The molecule has 0 bridgehead atoms. The highest BCUT2D eigenvalue weighted by Gasteiger charge is 2.34.